The van der Waals surface area contributed by atoms with Crippen LogP contribution in [0.4, 0.5) is 14.9 Å². The van der Waals surface area contributed by atoms with Crippen molar-refractivity contribution in [3.05, 3.63) is 92.5 Å². The Labute approximate surface area is 225 Å². The Morgan fingerprint density at radius 2 is 1.81 bits per heavy atom. The molecular formula is C27H22BrFN2O5S. The Hall–Kier alpha value is -3.63. The number of halogens is 2. The third kappa shape index (κ3) is 6.58. The number of amides is 3. The zero-order chi connectivity index (χ0) is 26.5. The molecule has 1 N–H and O–H groups in total. The van der Waals surface area contributed by atoms with Gasteiger partial charge in [0.2, 0.25) is 5.91 Å². The predicted molar refractivity (Wildman–Crippen MR) is 144 cm³/mol. The molecule has 1 saturated heterocycles. The van der Waals surface area contributed by atoms with Crippen LogP contribution in [0.2, 0.25) is 0 Å². The number of ether oxygens (including phenoxy) is 2. The first kappa shape index (κ1) is 26.4. The first-order valence-electron chi connectivity index (χ1n) is 11.1. The molecule has 1 aliphatic rings. The van der Waals surface area contributed by atoms with Crippen LogP contribution in [0.15, 0.2) is 70.0 Å². The highest BCUT2D eigenvalue weighted by Crippen LogP contribution is 2.39. The van der Waals surface area contributed by atoms with Crippen molar-refractivity contribution >= 4 is 56.5 Å². The van der Waals surface area contributed by atoms with E-state index in [4.69, 9.17) is 9.47 Å². The van der Waals surface area contributed by atoms with Gasteiger partial charge in [0, 0.05) is 5.69 Å². The summed E-state index contributed by atoms with van der Waals surface area (Å²) in [6.07, 6.45) is 1.56. The van der Waals surface area contributed by atoms with Crippen molar-refractivity contribution in [1.29, 1.82) is 0 Å². The molecular weight excluding hydrogens is 563 g/mol. The summed E-state index contributed by atoms with van der Waals surface area (Å²) in [6.45, 7) is 1.89. The van der Waals surface area contributed by atoms with Crippen molar-refractivity contribution in [3.8, 4) is 11.5 Å². The third-order valence-electron chi connectivity index (χ3n) is 5.36. The number of carbonyl (C=O) groups excluding carboxylic acids is 3. The van der Waals surface area contributed by atoms with Crippen LogP contribution in [0.3, 0.4) is 0 Å². The number of methoxy groups -OCH3 is 1. The van der Waals surface area contributed by atoms with Gasteiger partial charge in [-0.3, -0.25) is 19.3 Å². The average Bonchev–Trinajstić information content (AvgIpc) is 3.12. The minimum atomic E-state index is -0.584. The van der Waals surface area contributed by atoms with Crippen LogP contribution in [-0.4, -0.2) is 35.6 Å². The minimum absolute atomic E-state index is 0.168. The number of thioether (sulfide) groups is 1. The van der Waals surface area contributed by atoms with Gasteiger partial charge >= 0.3 is 0 Å². The standard InChI is InChI=1S/C27H22BrFN2O5S/c1-16-3-5-17(6-4-16)15-36-25-21(28)11-18(12-22(25)35-2)13-23-26(33)31(27(34)37-23)14-24(32)30-20-9-7-19(29)8-10-20/h3-13H,14-15H2,1-2H3,(H,30,32)/b23-13-. The maximum absolute atomic E-state index is 13.1. The molecule has 190 valence electrons. The van der Waals surface area contributed by atoms with E-state index in [1.165, 1.54) is 31.4 Å². The first-order chi connectivity index (χ1) is 17.7. The highest BCUT2D eigenvalue weighted by atomic mass is 79.9. The Balaban J connectivity index is 1.46. The van der Waals surface area contributed by atoms with Crippen molar-refractivity contribution in [1.82, 2.24) is 4.90 Å². The number of hydrogen-bond donors (Lipinski definition) is 1. The molecule has 3 amide bonds. The van der Waals surface area contributed by atoms with Gasteiger partial charge in [0.1, 0.15) is 19.0 Å². The molecule has 0 saturated carbocycles. The molecule has 37 heavy (non-hydrogen) atoms. The molecule has 0 radical (unpaired) electrons. The van der Waals surface area contributed by atoms with Crippen molar-refractivity contribution in [2.75, 3.05) is 19.0 Å². The number of anilines is 1. The lowest BCUT2D eigenvalue weighted by atomic mass is 10.1. The summed E-state index contributed by atoms with van der Waals surface area (Å²) >= 11 is 4.24. The lowest BCUT2D eigenvalue weighted by molar-refractivity contribution is -0.127. The zero-order valence-electron chi connectivity index (χ0n) is 19.9. The maximum Gasteiger partial charge on any atom is 0.294 e. The van der Waals surface area contributed by atoms with Crippen molar-refractivity contribution in [2.45, 2.75) is 13.5 Å². The molecule has 1 heterocycles. The fourth-order valence-electron chi connectivity index (χ4n) is 3.47. The molecule has 0 aromatic heterocycles. The largest absolute Gasteiger partial charge is 0.493 e. The fourth-order valence-corrected chi connectivity index (χ4v) is 4.88. The normalized spacial score (nSPS) is 14.3. The minimum Gasteiger partial charge on any atom is -0.493 e. The maximum atomic E-state index is 13.1. The smallest absolute Gasteiger partial charge is 0.294 e. The Morgan fingerprint density at radius 3 is 2.49 bits per heavy atom. The monoisotopic (exact) mass is 584 g/mol. The number of rotatable bonds is 8. The summed E-state index contributed by atoms with van der Waals surface area (Å²) < 4.78 is 25.1. The van der Waals surface area contributed by atoms with Gasteiger partial charge in [0.25, 0.3) is 11.1 Å². The number of hydrogen-bond acceptors (Lipinski definition) is 6. The van der Waals surface area contributed by atoms with Crippen molar-refractivity contribution in [3.63, 3.8) is 0 Å². The van der Waals surface area contributed by atoms with Crippen LogP contribution < -0.4 is 14.8 Å². The van der Waals surface area contributed by atoms with Gasteiger partial charge < -0.3 is 14.8 Å². The van der Waals surface area contributed by atoms with Gasteiger partial charge in [-0.1, -0.05) is 29.8 Å². The average molecular weight is 585 g/mol. The van der Waals surface area contributed by atoms with Crippen LogP contribution in [-0.2, 0) is 16.2 Å². The van der Waals surface area contributed by atoms with E-state index >= 15 is 0 Å². The van der Waals surface area contributed by atoms with Gasteiger partial charge in [-0.15, -0.1) is 0 Å². The molecule has 3 aromatic carbocycles. The van der Waals surface area contributed by atoms with Gasteiger partial charge in [0.15, 0.2) is 11.5 Å². The van der Waals surface area contributed by atoms with Gasteiger partial charge in [0.05, 0.1) is 16.5 Å². The second kappa shape index (κ2) is 11.6. The van der Waals surface area contributed by atoms with Crippen molar-refractivity contribution < 1.29 is 28.2 Å². The quantitative estimate of drug-likeness (QED) is 0.319. The van der Waals surface area contributed by atoms with Gasteiger partial charge in [-0.25, -0.2) is 4.39 Å². The fraction of sp³-hybridized carbons (Fsp3) is 0.148. The summed E-state index contributed by atoms with van der Waals surface area (Å²) in [5, 5.41) is 1.98. The van der Waals surface area contributed by atoms with E-state index in [9.17, 15) is 18.8 Å². The molecule has 0 aliphatic carbocycles. The Kier molecular flexibility index (Phi) is 8.30. The van der Waals surface area contributed by atoms with Crippen LogP contribution in [0.5, 0.6) is 11.5 Å². The van der Waals surface area contributed by atoms with Crippen LogP contribution in [0.25, 0.3) is 6.08 Å². The van der Waals surface area contributed by atoms with E-state index in [1.54, 1.807) is 18.2 Å². The second-order valence-corrected chi connectivity index (χ2v) is 9.98. The molecule has 4 rings (SSSR count). The van der Waals surface area contributed by atoms with Gasteiger partial charge in [-0.2, -0.15) is 0 Å². The number of aryl methyl sites for hydroxylation is 1. The summed E-state index contributed by atoms with van der Waals surface area (Å²) in [7, 11) is 1.51. The summed E-state index contributed by atoms with van der Waals surface area (Å²) in [5.74, 6) is -0.645. The molecule has 1 aliphatic heterocycles. The van der Waals surface area contributed by atoms with Crippen molar-refractivity contribution in [2.24, 2.45) is 0 Å². The lowest BCUT2D eigenvalue weighted by Gasteiger charge is -2.14. The molecule has 7 nitrogen and oxygen atoms in total. The number of nitrogens with zero attached hydrogens (tertiary/aromatic N) is 1. The molecule has 1 fully saturated rings. The van der Waals surface area contributed by atoms with E-state index in [0.717, 1.165) is 27.8 Å². The van der Waals surface area contributed by atoms with E-state index in [2.05, 4.69) is 21.2 Å². The first-order valence-corrected chi connectivity index (χ1v) is 12.7. The van der Waals surface area contributed by atoms with Crippen LogP contribution >= 0.6 is 27.7 Å². The number of imide groups is 1. The number of carbonyl (C=O) groups is 3. The predicted octanol–water partition coefficient (Wildman–Crippen LogP) is 6.16. The topological polar surface area (TPSA) is 84.9 Å². The molecule has 0 unspecified atom stereocenters. The van der Waals surface area contributed by atoms with Gasteiger partial charge in [-0.05, 0) is 88.2 Å². The summed E-state index contributed by atoms with van der Waals surface area (Å²) in [4.78, 5) is 38.7. The molecule has 0 atom stereocenters. The van der Waals surface area contributed by atoms with E-state index in [0.29, 0.717) is 33.8 Å². The van der Waals surface area contributed by atoms with E-state index in [1.807, 2.05) is 31.2 Å². The molecule has 0 spiro atoms. The molecule has 3 aromatic rings. The number of nitrogens with one attached hydrogen (secondary N) is 1. The van der Waals surface area contributed by atoms with Crippen LogP contribution in [0.1, 0.15) is 16.7 Å². The van der Waals surface area contributed by atoms with E-state index < -0.39 is 29.4 Å². The summed E-state index contributed by atoms with van der Waals surface area (Å²) in [6, 6.07) is 16.6. The molecule has 10 heteroatoms. The number of benzene rings is 3. The highest BCUT2D eigenvalue weighted by molar-refractivity contribution is 9.10. The lowest BCUT2D eigenvalue weighted by Crippen LogP contribution is -2.36. The van der Waals surface area contributed by atoms with E-state index in [-0.39, 0.29) is 4.91 Å². The summed E-state index contributed by atoms with van der Waals surface area (Å²) in [5.41, 5.74) is 3.12. The highest BCUT2D eigenvalue weighted by Gasteiger charge is 2.36. The zero-order valence-corrected chi connectivity index (χ0v) is 22.3. The Bertz CT molecular complexity index is 1380. The Morgan fingerprint density at radius 1 is 1.11 bits per heavy atom. The SMILES string of the molecule is COc1cc(/C=C2\SC(=O)N(CC(=O)Nc3ccc(F)cc3)C2=O)cc(Br)c1OCc1ccc(C)cc1. The van der Waals surface area contributed by atoms with Crippen LogP contribution in [0, 0.1) is 12.7 Å². The third-order valence-corrected chi connectivity index (χ3v) is 6.85. The second-order valence-electron chi connectivity index (χ2n) is 8.13. The molecule has 0 bridgehead atoms.